The van der Waals surface area contributed by atoms with E-state index in [1.165, 1.54) is 0 Å². The van der Waals surface area contributed by atoms with Gasteiger partial charge in [0.05, 0.1) is 23.1 Å². The number of hydrogen-bond acceptors (Lipinski definition) is 6. The van der Waals surface area contributed by atoms with E-state index < -0.39 is 0 Å². The molecule has 0 aliphatic carbocycles. The second-order valence-electron chi connectivity index (χ2n) is 8.44. The summed E-state index contributed by atoms with van der Waals surface area (Å²) in [5.74, 6) is 0.137. The number of hydrogen-bond donors (Lipinski definition) is 0. The lowest BCUT2D eigenvalue weighted by Crippen LogP contribution is -2.47. The number of thiophene rings is 1. The average molecular weight is 429 g/mol. The predicted molar refractivity (Wildman–Crippen MR) is 122 cm³/mol. The molecule has 2 fully saturated rings. The van der Waals surface area contributed by atoms with Crippen LogP contribution in [0.5, 0.6) is 0 Å². The zero-order valence-corrected chi connectivity index (χ0v) is 19.0. The molecule has 30 heavy (non-hydrogen) atoms. The number of piperidine rings is 1. The maximum atomic E-state index is 13.4. The van der Waals surface area contributed by atoms with Crippen molar-refractivity contribution in [3.63, 3.8) is 0 Å². The number of morpholine rings is 1. The zero-order valence-electron chi connectivity index (χ0n) is 18.2. The lowest BCUT2D eigenvalue weighted by atomic mass is 10.0. The third kappa shape index (κ3) is 4.53. The van der Waals surface area contributed by atoms with Gasteiger partial charge in [-0.2, -0.15) is 0 Å². The first-order chi connectivity index (χ1) is 14.5. The Hall–Kier alpha value is -1.96. The van der Waals surface area contributed by atoms with Crippen LogP contribution in [0.15, 0.2) is 30.6 Å². The van der Waals surface area contributed by atoms with Gasteiger partial charge in [-0.25, -0.2) is 0 Å². The summed E-state index contributed by atoms with van der Waals surface area (Å²) in [6.07, 6.45) is 5.71. The molecule has 2 aromatic heterocycles. The monoisotopic (exact) mass is 428 g/mol. The van der Waals surface area contributed by atoms with Gasteiger partial charge >= 0.3 is 0 Å². The molecule has 0 bridgehead atoms. The number of pyridine rings is 1. The van der Waals surface area contributed by atoms with Crippen molar-refractivity contribution in [3.8, 4) is 11.1 Å². The summed E-state index contributed by atoms with van der Waals surface area (Å²) in [6, 6.07) is 7.00. The van der Waals surface area contributed by atoms with Crippen molar-refractivity contribution < 1.29 is 9.53 Å². The standard InChI is InChI=1S/C23H32N4O2S/c1-17(2)26-10-6-19(7-11-26)25(3)22(28)21-16-20(18-4-8-24-9-5-18)23(30-21)27-12-14-29-15-13-27/h4-5,8-9,16-17,19H,6-7,10-15H2,1-3H3. The molecule has 0 spiro atoms. The van der Waals surface area contributed by atoms with Crippen LogP contribution >= 0.6 is 11.3 Å². The number of rotatable bonds is 5. The molecule has 0 radical (unpaired) electrons. The molecular weight excluding hydrogens is 396 g/mol. The molecule has 162 valence electrons. The highest BCUT2D eigenvalue weighted by atomic mass is 32.1. The van der Waals surface area contributed by atoms with Crippen LogP contribution in [0.25, 0.3) is 11.1 Å². The Morgan fingerprint density at radius 1 is 1.17 bits per heavy atom. The Morgan fingerprint density at radius 3 is 2.47 bits per heavy atom. The van der Waals surface area contributed by atoms with Gasteiger partial charge in [-0.15, -0.1) is 11.3 Å². The van der Waals surface area contributed by atoms with E-state index in [-0.39, 0.29) is 5.91 Å². The number of aromatic nitrogens is 1. The third-order valence-electron chi connectivity index (χ3n) is 6.31. The van der Waals surface area contributed by atoms with Gasteiger partial charge in [0.2, 0.25) is 0 Å². The highest BCUT2D eigenvalue weighted by Gasteiger charge is 2.29. The average Bonchev–Trinajstić information content (AvgIpc) is 3.25. The molecule has 4 heterocycles. The molecule has 2 saturated heterocycles. The van der Waals surface area contributed by atoms with E-state index in [4.69, 9.17) is 4.74 Å². The summed E-state index contributed by atoms with van der Waals surface area (Å²) >= 11 is 1.62. The molecular formula is C23H32N4O2S. The van der Waals surface area contributed by atoms with E-state index in [0.717, 1.165) is 73.2 Å². The van der Waals surface area contributed by atoms with Crippen LogP contribution in [0.4, 0.5) is 5.00 Å². The summed E-state index contributed by atoms with van der Waals surface area (Å²) in [5, 5.41) is 1.16. The summed E-state index contributed by atoms with van der Waals surface area (Å²) in [6.45, 7) is 9.78. The summed E-state index contributed by atoms with van der Waals surface area (Å²) in [7, 11) is 1.97. The molecule has 2 aliphatic rings. The highest BCUT2D eigenvalue weighted by Crippen LogP contribution is 2.40. The molecule has 7 heteroatoms. The minimum atomic E-state index is 0.137. The second kappa shape index (κ2) is 9.45. The fraction of sp³-hybridized carbons (Fsp3) is 0.565. The molecule has 2 aromatic rings. The zero-order chi connectivity index (χ0) is 21.1. The first-order valence-corrected chi connectivity index (χ1v) is 11.7. The van der Waals surface area contributed by atoms with E-state index in [1.54, 1.807) is 11.3 Å². The SMILES string of the molecule is CC(C)N1CCC(N(C)C(=O)c2cc(-c3ccncc3)c(N3CCOCC3)s2)CC1. The minimum absolute atomic E-state index is 0.137. The smallest absolute Gasteiger partial charge is 0.264 e. The quantitative estimate of drug-likeness (QED) is 0.728. The first-order valence-electron chi connectivity index (χ1n) is 10.9. The van der Waals surface area contributed by atoms with E-state index in [9.17, 15) is 4.79 Å². The Balaban J connectivity index is 1.56. The Morgan fingerprint density at radius 2 is 1.83 bits per heavy atom. The lowest BCUT2D eigenvalue weighted by molar-refractivity contribution is 0.0620. The number of carbonyl (C=O) groups excluding carboxylic acids is 1. The van der Waals surface area contributed by atoms with Crippen molar-refractivity contribution in [1.82, 2.24) is 14.8 Å². The van der Waals surface area contributed by atoms with E-state index in [0.29, 0.717) is 12.1 Å². The highest BCUT2D eigenvalue weighted by molar-refractivity contribution is 7.18. The molecule has 0 N–H and O–H groups in total. The van der Waals surface area contributed by atoms with Crippen molar-refractivity contribution in [2.75, 3.05) is 51.3 Å². The van der Waals surface area contributed by atoms with E-state index in [2.05, 4.69) is 34.7 Å². The Labute approximate surface area is 183 Å². The van der Waals surface area contributed by atoms with Crippen molar-refractivity contribution in [2.45, 2.75) is 38.8 Å². The molecule has 0 atom stereocenters. The van der Waals surface area contributed by atoms with Crippen molar-refractivity contribution in [3.05, 3.63) is 35.5 Å². The summed E-state index contributed by atoms with van der Waals surface area (Å²) in [5.41, 5.74) is 2.23. The van der Waals surface area contributed by atoms with E-state index >= 15 is 0 Å². The Bertz CT molecular complexity index is 840. The lowest BCUT2D eigenvalue weighted by Gasteiger charge is -2.38. The van der Waals surface area contributed by atoms with Gasteiger partial charge in [-0.1, -0.05) is 0 Å². The summed E-state index contributed by atoms with van der Waals surface area (Å²) < 4.78 is 5.54. The maximum Gasteiger partial charge on any atom is 0.264 e. The van der Waals surface area contributed by atoms with Gasteiger partial charge in [0, 0.05) is 63.3 Å². The van der Waals surface area contributed by atoms with Crippen LogP contribution in [0.2, 0.25) is 0 Å². The van der Waals surface area contributed by atoms with E-state index in [1.807, 2.05) is 36.5 Å². The van der Waals surface area contributed by atoms with Crippen molar-refractivity contribution in [2.24, 2.45) is 0 Å². The van der Waals surface area contributed by atoms with Crippen molar-refractivity contribution in [1.29, 1.82) is 0 Å². The minimum Gasteiger partial charge on any atom is -0.378 e. The van der Waals surface area contributed by atoms with Gasteiger partial charge in [0.15, 0.2) is 0 Å². The molecule has 1 amide bonds. The molecule has 0 unspecified atom stereocenters. The number of ether oxygens (including phenoxy) is 1. The van der Waals surface area contributed by atoms with Crippen LogP contribution < -0.4 is 4.90 Å². The topological polar surface area (TPSA) is 48.9 Å². The number of anilines is 1. The number of amides is 1. The van der Waals surface area contributed by atoms with Gasteiger partial charge in [-0.05, 0) is 50.5 Å². The largest absolute Gasteiger partial charge is 0.378 e. The molecule has 2 aliphatic heterocycles. The normalized spacial score (nSPS) is 18.7. The van der Waals surface area contributed by atoms with Crippen LogP contribution in [0.3, 0.4) is 0 Å². The second-order valence-corrected chi connectivity index (χ2v) is 9.47. The fourth-order valence-corrected chi connectivity index (χ4v) is 5.57. The van der Waals surface area contributed by atoms with Gasteiger partial charge in [0.1, 0.15) is 0 Å². The summed E-state index contributed by atoms with van der Waals surface area (Å²) in [4.78, 5) is 25.2. The third-order valence-corrected chi connectivity index (χ3v) is 7.49. The predicted octanol–water partition coefficient (Wildman–Crippen LogP) is 3.59. The maximum absolute atomic E-state index is 13.4. The molecule has 0 saturated carbocycles. The van der Waals surface area contributed by atoms with Crippen LogP contribution in [-0.4, -0.2) is 79.2 Å². The van der Waals surface area contributed by atoms with Gasteiger partial charge in [0.25, 0.3) is 5.91 Å². The molecule has 0 aromatic carbocycles. The van der Waals surface area contributed by atoms with Gasteiger partial charge < -0.3 is 19.4 Å². The van der Waals surface area contributed by atoms with Crippen LogP contribution in [0, 0.1) is 0 Å². The number of carbonyl (C=O) groups is 1. The molecule has 6 nitrogen and oxygen atoms in total. The van der Waals surface area contributed by atoms with Gasteiger partial charge in [-0.3, -0.25) is 9.78 Å². The fourth-order valence-electron chi connectivity index (χ4n) is 4.36. The number of nitrogens with zero attached hydrogens (tertiary/aromatic N) is 4. The number of likely N-dealkylation sites (tertiary alicyclic amines) is 1. The Kier molecular flexibility index (Phi) is 6.71. The van der Waals surface area contributed by atoms with Crippen molar-refractivity contribution >= 4 is 22.2 Å². The van der Waals surface area contributed by atoms with Crippen LogP contribution in [-0.2, 0) is 4.74 Å². The first kappa shape index (κ1) is 21.3. The molecule has 4 rings (SSSR count). The van der Waals surface area contributed by atoms with Crippen LogP contribution in [0.1, 0.15) is 36.4 Å².